The molecule has 0 saturated heterocycles. The molecule has 0 saturated carbocycles. The van der Waals surface area contributed by atoms with Crippen LogP contribution in [0.1, 0.15) is 67.2 Å². The molecule has 1 amide bonds. The minimum absolute atomic E-state index is 0.0473. The molecule has 0 unspecified atom stereocenters. The highest BCUT2D eigenvalue weighted by Crippen LogP contribution is 2.16. The molecule has 0 aliphatic carbocycles. The molecule has 15 heteroatoms. The minimum atomic E-state index is -1.66. The number of unbranched alkanes of at least 4 members (excludes halogenated alkanes) is 4. The Hall–Kier alpha value is -3.11. The first-order chi connectivity index (χ1) is 22.0. The van der Waals surface area contributed by atoms with Gasteiger partial charge >= 0.3 is 0 Å². The van der Waals surface area contributed by atoms with Crippen molar-refractivity contribution in [3.63, 3.8) is 0 Å². The zero-order chi connectivity index (χ0) is 34.1. The van der Waals surface area contributed by atoms with Crippen molar-refractivity contribution in [3.05, 3.63) is 46.4 Å². The molecule has 14 nitrogen and oxygen atoms in total. The van der Waals surface area contributed by atoms with Crippen LogP contribution >= 0.6 is 11.6 Å². The molecule has 10 N–H and O–H groups in total. The smallest absolute Gasteiger partial charge is 0.280 e. The molecule has 46 heavy (non-hydrogen) atoms. The van der Waals surface area contributed by atoms with Crippen LogP contribution in [0.5, 0.6) is 5.75 Å². The number of rotatable bonds is 21. The molecule has 0 spiro atoms. The van der Waals surface area contributed by atoms with Gasteiger partial charge in [-0.25, -0.2) is 9.97 Å². The van der Waals surface area contributed by atoms with Gasteiger partial charge in [-0.3, -0.25) is 20.0 Å². The Bertz CT molecular complexity index is 1220. The summed E-state index contributed by atoms with van der Waals surface area (Å²) in [5, 5.41) is 51.8. The molecule has 0 radical (unpaired) electrons. The normalized spacial score (nSPS) is 14.6. The number of amides is 1. The van der Waals surface area contributed by atoms with Gasteiger partial charge in [0.25, 0.3) is 5.91 Å². The van der Waals surface area contributed by atoms with Crippen molar-refractivity contribution in [2.75, 3.05) is 45.1 Å². The van der Waals surface area contributed by atoms with Gasteiger partial charge in [0, 0.05) is 19.6 Å². The first-order valence-corrected chi connectivity index (χ1v) is 16.0. The number of aryl methyl sites for hydroxylation is 2. The van der Waals surface area contributed by atoms with E-state index in [4.69, 9.17) is 32.9 Å². The molecule has 1 heterocycles. The van der Waals surface area contributed by atoms with E-state index in [0.29, 0.717) is 37.7 Å². The van der Waals surface area contributed by atoms with Gasteiger partial charge in [-0.05, 0) is 56.8 Å². The van der Waals surface area contributed by atoms with E-state index >= 15 is 0 Å². The average molecular weight is 668 g/mol. The van der Waals surface area contributed by atoms with Crippen molar-refractivity contribution in [2.45, 2.75) is 83.2 Å². The number of carbonyl (C=O) groups excluding carboxylic acids is 1. The van der Waals surface area contributed by atoms with Gasteiger partial charge in [-0.1, -0.05) is 49.9 Å². The second kappa shape index (κ2) is 20.9. The van der Waals surface area contributed by atoms with Crippen LogP contribution < -0.4 is 21.5 Å². The number of hydrogen-bond donors (Lipinski definition) is 8. The summed E-state index contributed by atoms with van der Waals surface area (Å²) in [6, 6.07) is 7.76. The molecule has 0 fully saturated rings. The van der Waals surface area contributed by atoms with Crippen LogP contribution in [-0.2, 0) is 6.42 Å². The largest absolute Gasteiger partial charge is 0.492 e. The number of nitrogens with two attached hydrogens (primary N) is 2. The van der Waals surface area contributed by atoms with Crippen molar-refractivity contribution < 1.29 is 35.1 Å². The number of nitrogens with zero attached hydrogens (tertiary/aromatic N) is 4. The van der Waals surface area contributed by atoms with Gasteiger partial charge < -0.3 is 41.7 Å². The number of aliphatic hydroxyl groups excluding tert-OH is 5. The molecule has 0 aliphatic heterocycles. The molecular formula is C31H50ClN7O7. The van der Waals surface area contributed by atoms with Crippen LogP contribution in [0.3, 0.4) is 0 Å². The number of hydrogen-bond acceptors (Lipinski definition) is 12. The topological polar surface area (TPSA) is 233 Å². The number of halogens is 1. The first kappa shape index (κ1) is 39.1. The predicted octanol–water partition coefficient (Wildman–Crippen LogP) is 0.785. The quantitative estimate of drug-likeness (QED) is 0.0524. The highest BCUT2D eigenvalue weighted by atomic mass is 35.5. The van der Waals surface area contributed by atoms with Crippen LogP contribution in [0.25, 0.3) is 0 Å². The van der Waals surface area contributed by atoms with Gasteiger partial charge in [0.2, 0.25) is 0 Å². The van der Waals surface area contributed by atoms with Crippen molar-refractivity contribution >= 4 is 29.3 Å². The Morgan fingerprint density at radius 1 is 1.02 bits per heavy atom. The fraction of sp³-hybridized carbons (Fsp3) is 0.613. The Kier molecular flexibility index (Phi) is 17.8. The number of benzene rings is 1. The third-order valence-corrected chi connectivity index (χ3v) is 7.71. The zero-order valence-corrected chi connectivity index (χ0v) is 27.4. The van der Waals surface area contributed by atoms with Gasteiger partial charge in [0.05, 0.1) is 18.4 Å². The van der Waals surface area contributed by atoms with E-state index in [-0.39, 0.29) is 29.2 Å². The number of aliphatic hydroxyl groups is 5. The number of nitrogen functional groups attached to an aromatic ring is 1. The number of aliphatic imine (C=N–C) groups is 1. The van der Waals surface area contributed by atoms with Crippen LogP contribution in [0.4, 0.5) is 5.82 Å². The average Bonchev–Trinajstić information content (AvgIpc) is 3.03. The highest BCUT2D eigenvalue weighted by molar-refractivity contribution is 6.30. The number of anilines is 1. The standard InChI is InChI=1S/C31H50ClN7O7/c1-3-4-5-8-15-39(18-23(41)26(43)27(44)24(42)19-40)16-17-46-22-12-10-21(11-13-22)9-6-7-14-35-31(34)38-30(45)25-29(33)36-20(2)28(32)37-25/h10-13,23-24,26-27,40-44H,3-9,14-19H2,1-2H3,(H2,33,36)(H3,34,35,38,45)/t23-,24+,26+,27+/m0/s1. The summed E-state index contributed by atoms with van der Waals surface area (Å²) in [4.78, 5) is 26.4. The van der Waals surface area contributed by atoms with Crippen molar-refractivity contribution in [1.82, 2.24) is 20.2 Å². The van der Waals surface area contributed by atoms with Crippen LogP contribution in [0.15, 0.2) is 29.3 Å². The van der Waals surface area contributed by atoms with E-state index in [1.165, 1.54) is 0 Å². The summed E-state index contributed by atoms with van der Waals surface area (Å²) >= 11 is 5.93. The maximum atomic E-state index is 12.4. The van der Waals surface area contributed by atoms with E-state index < -0.39 is 36.9 Å². The monoisotopic (exact) mass is 667 g/mol. The van der Waals surface area contributed by atoms with E-state index in [2.05, 4.69) is 27.2 Å². The molecule has 0 aliphatic rings. The Balaban J connectivity index is 1.76. The molecular weight excluding hydrogens is 618 g/mol. The van der Waals surface area contributed by atoms with E-state index in [1.54, 1.807) is 6.92 Å². The number of carbonyl (C=O) groups is 1. The maximum absolute atomic E-state index is 12.4. The molecule has 2 aromatic rings. The lowest BCUT2D eigenvalue weighted by molar-refractivity contribution is -0.119. The second-order valence-electron chi connectivity index (χ2n) is 11.2. The predicted molar refractivity (Wildman–Crippen MR) is 177 cm³/mol. The third kappa shape index (κ3) is 13.7. The number of guanidine groups is 1. The lowest BCUT2D eigenvalue weighted by Crippen LogP contribution is -2.50. The summed E-state index contributed by atoms with van der Waals surface area (Å²) in [6.07, 6.45) is 0.439. The van der Waals surface area contributed by atoms with E-state index in [1.807, 2.05) is 29.2 Å². The lowest BCUT2D eigenvalue weighted by Gasteiger charge is -2.30. The van der Waals surface area contributed by atoms with Gasteiger partial charge in [-0.15, -0.1) is 0 Å². The molecule has 4 atom stereocenters. The first-order valence-electron chi connectivity index (χ1n) is 15.6. The van der Waals surface area contributed by atoms with Gasteiger partial charge in [0.15, 0.2) is 22.6 Å². The maximum Gasteiger partial charge on any atom is 0.280 e. The Labute approximate surface area is 275 Å². The van der Waals surface area contributed by atoms with Crippen LogP contribution in [-0.4, -0.2) is 116 Å². The Morgan fingerprint density at radius 2 is 1.72 bits per heavy atom. The van der Waals surface area contributed by atoms with E-state index in [9.17, 15) is 25.2 Å². The van der Waals surface area contributed by atoms with Crippen LogP contribution in [0.2, 0.25) is 5.15 Å². The lowest BCUT2D eigenvalue weighted by atomic mass is 10.0. The summed E-state index contributed by atoms with van der Waals surface area (Å²) in [5.41, 5.74) is 13.0. The fourth-order valence-electron chi connectivity index (χ4n) is 4.58. The molecule has 1 aromatic heterocycles. The summed E-state index contributed by atoms with van der Waals surface area (Å²) in [7, 11) is 0. The molecule has 2 rings (SSSR count). The molecule has 0 bridgehead atoms. The third-order valence-electron chi connectivity index (χ3n) is 7.35. The zero-order valence-electron chi connectivity index (χ0n) is 26.7. The molecule has 258 valence electrons. The van der Waals surface area contributed by atoms with Crippen LogP contribution in [0, 0.1) is 6.92 Å². The van der Waals surface area contributed by atoms with Gasteiger partial charge in [0.1, 0.15) is 30.7 Å². The summed E-state index contributed by atoms with van der Waals surface area (Å²) in [6.45, 7) is 5.05. The SMILES string of the molecule is CCCCCCN(CCOc1ccc(CCCCN=C(N)NC(=O)c2nc(Cl)c(C)nc2N)cc1)C[C@H](O)[C@@H](O)[C@H](O)[C@H](O)CO. The summed E-state index contributed by atoms with van der Waals surface area (Å²) in [5.74, 6) is -0.0342. The van der Waals surface area contributed by atoms with Crippen molar-refractivity contribution in [2.24, 2.45) is 10.7 Å². The number of aromatic nitrogens is 2. The summed E-state index contributed by atoms with van der Waals surface area (Å²) < 4.78 is 5.92. The van der Waals surface area contributed by atoms with Crippen molar-refractivity contribution in [3.8, 4) is 5.75 Å². The van der Waals surface area contributed by atoms with Gasteiger partial charge in [-0.2, -0.15) is 0 Å². The second-order valence-corrected chi connectivity index (χ2v) is 11.5. The molecule has 1 aromatic carbocycles. The van der Waals surface area contributed by atoms with Crippen molar-refractivity contribution in [1.29, 1.82) is 0 Å². The Morgan fingerprint density at radius 3 is 2.39 bits per heavy atom. The number of nitrogens with one attached hydrogen (secondary N) is 1. The fourth-order valence-corrected chi connectivity index (χ4v) is 4.70. The van der Waals surface area contributed by atoms with E-state index in [0.717, 1.165) is 50.5 Å². The minimum Gasteiger partial charge on any atom is -0.492 e. The highest BCUT2D eigenvalue weighted by Gasteiger charge is 2.31. The number of ether oxygens (including phenoxy) is 1.